The normalized spacial score (nSPS) is 12.7. The first-order valence-corrected chi connectivity index (χ1v) is 15.2. The monoisotopic (exact) mass is 612 g/mol. The van der Waals surface area contributed by atoms with Crippen LogP contribution in [0.25, 0.3) is 22.0 Å². The van der Waals surface area contributed by atoms with Gasteiger partial charge in [-0.2, -0.15) is 0 Å². The summed E-state index contributed by atoms with van der Waals surface area (Å²) in [6, 6.07) is 22.6. The van der Waals surface area contributed by atoms with Crippen molar-refractivity contribution in [2.24, 2.45) is 0 Å². The van der Waals surface area contributed by atoms with Crippen LogP contribution in [0.1, 0.15) is 43.9 Å². The van der Waals surface area contributed by atoms with E-state index in [0.717, 1.165) is 38.7 Å². The van der Waals surface area contributed by atoms with Gasteiger partial charge in [0, 0.05) is 62.2 Å². The van der Waals surface area contributed by atoms with Gasteiger partial charge in [0.2, 0.25) is 11.8 Å². The van der Waals surface area contributed by atoms with Gasteiger partial charge in [-0.15, -0.1) is 0 Å². The van der Waals surface area contributed by atoms with E-state index in [9.17, 15) is 19.5 Å². The van der Waals surface area contributed by atoms with E-state index in [1.807, 2.05) is 92.8 Å². The van der Waals surface area contributed by atoms with Crippen molar-refractivity contribution in [3.8, 4) is 11.1 Å². The fourth-order valence-electron chi connectivity index (χ4n) is 5.24. The first kappa shape index (κ1) is 33.2. The van der Waals surface area contributed by atoms with Gasteiger partial charge in [-0.05, 0) is 54.7 Å². The molecule has 10 nitrogen and oxygen atoms in total. The van der Waals surface area contributed by atoms with E-state index >= 15 is 0 Å². The number of carbonyl (C=O) groups excluding carboxylic acids is 3. The van der Waals surface area contributed by atoms with Gasteiger partial charge in [0.25, 0.3) is 0 Å². The third kappa shape index (κ3) is 9.66. The number of fused-ring (bicyclic) bond motifs is 1. The SMILES string of the molecule is CNC(=O)NCc1cc(CNC(=O)C(Cc2c[nH]c3ccccc23)NC(=O)CC(C)(C)NCC(C)O)ccc1-c1ccccc1. The zero-order valence-corrected chi connectivity index (χ0v) is 26.4. The molecule has 0 aliphatic rings. The number of β-amino-alcohol motifs (C(OH)–C–C–N with tert-alkyl or cyclic N) is 1. The van der Waals surface area contributed by atoms with Gasteiger partial charge in [-0.3, -0.25) is 9.59 Å². The highest BCUT2D eigenvalue weighted by Gasteiger charge is 2.27. The molecule has 0 aliphatic carbocycles. The Balaban J connectivity index is 1.51. The number of hydrogen-bond donors (Lipinski definition) is 7. The highest BCUT2D eigenvalue weighted by atomic mass is 16.3. The summed E-state index contributed by atoms with van der Waals surface area (Å²) in [6.45, 7) is 6.36. The number of nitrogens with one attached hydrogen (secondary N) is 6. The minimum absolute atomic E-state index is 0.125. The molecule has 1 heterocycles. The molecule has 3 aromatic carbocycles. The molecular formula is C35H44N6O4. The second-order valence-electron chi connectivity index (χ2n) is 12.0. The quantitative estimate of drug-likeness (QED) is 0.116. The summed E-state index contributed by atoms with van der Waals surface area (Å²) < 4.78 is 0. The maximum absolute atomic E-state index is 13.7. The molecule has 0 spiro atoms. The topological polar surface area (TPSA) is 147 Å². The largest absolute Gasteiger partial charge is 0.392 e. The molecule has 4 aromatic rings. The fraction of sp³-hybridized carbons (Fsp3) is 0.343. The third-order valence-corrected chi connectivity index (χ3v) is 7.62. The van der Waals surface area contributed by atoms with Crippen LogP contribution in [0.15, 0.2) is 79.0 Å². The predicted octanol–water partition coefficient (Wildman–Crippen LogP) is 3.75. The van der Waals surface area contributed by atoms with Crippen LogP contribution >= 0.6 is 0 Å². The van der Waals surface area contributed by atoms with E-state index < -0.39 is 17.7 Å². The average molecular weight is 613 g/mol. The Bertz CT molecular complexity index is 1600. The van der Waals surface area contributed by atoms with Crippen molar-refractivity contribution in [1.82, 2.24) is 31.6 Å². The number of benzene rings is 3. The number of para-hydroxylation sites is 1. The van der Waals surface area contributed by atoms with Gasteiger partial charge < -0.3 is 36.7 Å². The molecule has 2 atom stereocenters. The zero-order valence-electron chi connectivity index (χ0n) is 26.4. The lowest BCUT2D eigenvalue weighted by molar-refractivity contribution is -0.129. The summed E-state index contributed by atoms with van der Waals surface area (Å²) in [5, 5.41) is 25.3. The van der Waals surface area contributed by atoms with Crippen LogP contribution in [-0.4, -0.2) is 59.2 Å². The van der Waals surface area contributed by atoms with Gasteiger partial charge in [0.15, 0.2) is 0 Å². The number of H-pyrrole nitrogens is 1. The summed E-state index contributed by atoms with van der Waals surface area (Å²) >= 11 is 0. The Hall–Kier alpha value is -4.67. The maximum Gasteiger partial charge on any atom is 0.314 e. The molecule has 45 heavy (non-hydrogen) atoms. The summed E-state index contributed by atoms with van der Waals surface area (Å²) in [5.41, 5.74) is 5.07. The van der Waals surface area contributed by atoms with Crippen LogP contribution in [0.3, 0.4) is 0 Å². The molecule has 0 bridgehead atoms. The lowest BCUT2D eigenvalue weighted by Crippen LogP contribution is -2.51. The standard InChI is InChI=1S/C35H44N6O4/c1-23(42)19-40-35(2,3)18-32(43)41-31(17-27-21-37-30-13-9-8-12-29(27)30)33(44)38-20-24-14-15-28(25-10-6-5-7-11-25)26(16-24)22-39-34(45)36-4/h5-16,21,23,31,37,40,42H,17-20,22H2,1-4H3,(H,38,44)(H,41,43)(H2,36,39,45). The van der Waals surface area contributed by atoms with Crippen molar-refractivity contribution in [2.45, 2.75) is 64.4 Å². The van der Waals surface area contributed by atoms with Crippen molar-refractivity contribution in [1.29, 1.82) is 0 Å². The van der Waals surface area contributed by atoms with E-state index in [-0.39, 0.29) is 30.8 Å². The Morgan fingerprint density at radius 1 is 0.911 bits per heavy atom. The van der Waals surface area contributed by atoms with Crippen molar-refractivity contribution in [3.63, 3.8) is 0 Å². The first-order valence-electron chi connectivity index (χ1n) is 15.2. The number of hydrogen-bond acceptors (Lipinski definition) is 5. The Morgan fingerprint density at radius 2 is 1.64 bits per heavy atom. The molecule has 4 rings (SSSR count). The highest BCUT2D eigenvalue weighted by Crippen LogP contribution is 2.25. The van der Waals surface area contributed by atoms with E-state index in [0.29, 0.717) is 19.5 Å². The molecule has 238 valence electrons. The lowest BCUT2D eigenvalue weighted by Gasteiger charge is -2.28. The highest BCUT2D eigenvalue weighted by molar-refractivity contribution is 5.90. The molecule has 1 aromatic heterocycles. The van der Waals surface area contributed by atoms with Crippen LogP contribution in [0, 0.1) is 0 Å². The number of aliphatic hydroxyl groups is 1. The molecule has 2 unspecified atom stereocenters. The number of aromatic nitrogens is 1. The van der Waals surface area contributed by atoms with Crippen LogP contribution in [0.5, 0.6) is 0 Å². The maximum atomic E-state index is 13.7. The van der Waals surface area contributed by atoms with Crippen molar-refractivity contribution < 1.29 is 19.5 Å². The van der Waals surface area contributed by atoms with E-state index in [1.54, 1.807) is 14.0 Å². The van der Waals surface area contributed by atoms with Crippen molar-refractivity contribution in [2.75, 3.05) is 13.6 Å². The zero-order chi connectivity index (χ0) is 32.4. The van der Waals surface area contributed by atoms with Crippen molar-refractivity contribution >= 4 is 28.7 Å². The molecular weight excluding hydrogens is 568 g/mol. The van der Waals surface area contributed by atoms with Gasteiger partial charge >= 0.3 is 6.03 Å². The van der Waals surface area contributed by atoms with Gasteiger partial charge in [-0.25, -0.2) is 4.79 Å². The van der Waals surface area contributed by atoms with Crippen molar-refractivity contribution in [3.05, 3.63) is 95.7 Å². The summed E-state index contributed by atoms with van der Waals surface area (Å²) in [7, 11) is 1.57. The summed E-state index contributed by atoms with van der Waals surface area (Å²) in [5.74, 6) is -0.576. The van der Waals surface area contributed by atoms with Crippen LogP contribution in [0.2, 0.25) is 0 Å². The molecule has 10 heteroatoms. The molecule has 0 saturated heterocycles. The van der Waals surface area contributed by atoms with Crippen LogP contribution < -0.4 is 26.6 Å². The molecule has 0 radical (unpaired) electrons. The molecule has 7 N–H and O–H groups in total. The number of aliphatic hydroxyl groups excluding tert-OH is 1. The number of carbonyl (C=O) groups is 3. The number of rotatable bonds is 14. The molecule has 0 saturated carbocycles. The van der Waals surface area contributed by atoms with Gasteiger partial charge in [0.05, 0.1) is 6.10 Å². The smallest absolute Gasteiger partial charge is 0.314 e. The first-order chi connectivity index (χ1) is 21.5. The molecule has 0 fully saturated rings. The Kier molecular flexibility index (Phi) is 11.3. The predicted molar refractivity (Wildman–Crippen MR) is 177 cm³/mol. The second kappa shape index (κ2) is 15.4. The number of amides is 4. The lowest BCUT2D eigenvalue weighted by atomic mass is 9.97. The minimum atomic E-state index is -0.817. The van der Waals surface area contributed by atoms with E-state index in [1.165, 1.54) is 0 Å². The van der Waals surface area contributed by atoms with Gasteiger partial charge in [0.1, 0.15) is 6.04 Å². The molecule has 0 aliphatic heterocycles. The number of aromatic amines is 1. The second-order valence-corrected chi connectivity index (χ2v) is 12.0. The van der Waals surface area contributed by atoms with Gasteiger partial charge in [-0.1, -0.05) is 66.7 Å². The number of urea groups is 1. The fourth-order valence-corrected chi connectivity index (χ4v) is 5.24. The molecule has 4 amide bonds. The van der Waals surface area contributed by atoms with Crippen LogP contribution in [0.4, 0.5) is 4.79 Å². The van der Waals surface area contributed by atoms with E-state index in [2.05, 4.69) is 31.6 Å². The average Bonchev–Trinajstić information content (AvgIpc) is 3.44. The Morgan fingerprint density at radius 3 is 2.38 bits per heavy atom. The van der Waals surface area contributed by atoms with Crippen LogP contribution in [-0.2, 0) is 29.1 Å². The Labute approximate surface area is 264 Å². The third-order valence-electron chi connectivity index (χ3n) is 7.62. The minimum Gasteiger partial charge on any atom is -0.392 e. The van der Waals surface area contributed by atoms with E-state index in [4.69, 9.17) is 0 Å². The summed E-state index contributed by atoms with van der Waals surface area (Å²) in [4.78, 5) is 42.1. The summed E-state index contributed by atoms with van der Waals surface area (Å²) in [6.07, 6.45) is 1.76.